The number of esters is 1. The Morgan fingerprint density at radius 3 is 2.34 bits per heavy atom. The summed E-state index contributed by atoms with van der Waals surface area (Å²) in [7, 11) is 0. The minimum atomic E-state index is -0.323. The number of benzene rings is 3. The molecule has 0 radical (unpaired) electrons. The maximum atomic E-state index is 13.1. The number of carbonyl (C=O) groups is 1. The van der Waals surface area contributed by atoms with Gasteiger partial charge in [0.25, 0.3) is 0 Å². The van der Waals surface area contributed by atoms with Gasteiger partial charge in [0, 0.05) is 0 Å². The molecule has 1 saturated heterocycles. The minimum Gasteiger partial charge on any atom is -0.489 e. The van der Waals surface area contributed by atoms with Gasteiger partial charge >= 0.3 is 5.97 Å². The number of ether oxygens (including phenoxy) is 4. The van der Waals surface area contributed by atoms with Gasteiger partial charge in [-0.3, -0.25) is 4.79 Å². The van der Waals surface area contributed by atoms with Gasteiger partial charge in [0.2, 0.25) is 0 Å². The third-order valence-electron chi connectivity index (χ3n) is 5.36. The molecule has 1 aliphatic heterocycles. The second-order valence-corrected chi connectivity index (χ2v) is 7.77. The zero-order valence-electron chi connectivity index (χ0n) is 17.9. The van der Waals surface area contributed by atoms with Crippen LogP contribution in [0.1, 0.15) is 24.5 Å². The standard InChI is InChI=1S/C26H25FO5/c1-2-30-25(28)15-26(17-29-18-26)20-6-10-22(11-7-20)31-16-19-4-3-5-24(14-19)32-23-12-8-21(27)9-13-23/h3-14H,2,15-18H2,1H3. The highest BCUT2D eigenvalue weighted by molar-refractivity contribution is 5.72. The van der Waals surface area contributed by atoms with E-state index in [2.05, 4.69) is 0 Å². The van der Waals surface area contributed by atoms with Crippen molar-refractivity contribution in [2.45, 2.75) is 25.4 Å². The predicted molar refractivity (Wildman–Crippen MR) is 117 cm³/mol. The number of hydrogen-bond acceptors (Lipinski definition) is 5. The average Bonchev–Trinajstić information content (AvgIpc) is 2.77. The fraction of sp³-hybridized carbons (Fsp3) is 0.269. The largest absolute Gasteiger partial charge is 0.489 e. The van der Waals surface area contributed by atoms with Crippen LogP contribution < -0.4 is 9.47 Å². The fourth-order valence-corrected chi connectivity index (χ4v) is 3.62. The van der Waals surface area contributed by atoms with Gasteiger partial charge in [0.15, 0.2) is 0 Å². The Kier molecular flexibility index (Phi) is 6.71. The molecule has 0 unspecified atom stereocenters. The monoisotopic (exact) mass is 436 g/mol. The molecule has 166 valence electrons. The molecule has 0 saturated carbocycles. The molecule has 0 bridgehead atoms. The van der Waals surface area contributed by atoms with Crippen LogP contribution in [0.4, 0.5) is 4.39 Å². The van der Waals surface area contributed by atoms with Crippen molar-refractivity contribution in [3.05, 3.63) is 89.7 Å². The topological polar surface area (TPSA) is 54.0 Å². The highest BCUT2D eigenvalue weighted by Crippen LogP contribution is 2.37. The first-order valence-corrected chi connectivity index (χ1v) is 10.6. The van der Waals surface area contributed by atoms with E-state index in [1.807, 2.05) is 48.5 Å². The SMILES string of the molecule is CCOC(=O)CC1(c2ccc(OCc3cccc(Oc4ccc(F)cc4)c3)cc2)COC1. The van der Waals surface area contributed by atoms with Crippen LogP contribution in [0.25, 0.3) is 0 Å². The third kappa shape index (κ3) is 5.26. The lowest BCUT2D eigenvalue weighted by molar-refractivity contribution is -0.151. The molecule has 32 heavy (non-hydrogen) atoms. The van der Waals surface area contributed by atoms with Crippen molar-refractivity contribution in [3.8, 4) is 17.2 Å². The Labute approximate surface area is 186 Å². The summed E-state index contributed by atoms with van der Waals surface area (Å²) in [6.45, 7) is 3.56. The summed E-state index contributed by atoms with van der Waals surface area (Å²) >= 11 is 0. The molecule has 0 aliphatic carbocycles. The van der Waals surface area contributed by atoms with Crippen LogP contribution >= 0.6 is 0 Å². The van der Waals surface area contributed by atoms with E-state index in [1.54, 1.807) is 19.1 Å². The summed E-state index contributed by atoms with van der Waals surface area (Å²) in [5, 5.41) is 0. The number of carbonyl (C=O) groups excluding carboxylic acids is 1. The predicted octanol–water partition coefficient (Wildman–Crippen LogP) is 5.42. The molecule has 0 amide bonds. The maximum Gasteiger partial charge on any atom is 0.306 e. The highest BCUT2D eigenvalue weighted by atomic mass is 19.1. The highest BCUT2D eigenvalue weighted by Gasteiger charge is 2.42. The molecule has 6 heteroatoms. The van der Waals surface area contributed by atoms with Crippen molar-refractivity contribution >= 4 is 5.97 Å². The van der Waals surface area contributed by atoms with Crippen LogP contribution in [-0.4, -0.2) is 25.8 Å². The van der Waals surface area contributed by atoms with Crippen molar-refractivity contribution < 1.29 is 28.1 Å². The summed E-state index contributed by atoms with van der Waals surface area (Å²) in [6, 6.07) is 21.2. The molecule has 5 nitrogen and oxygen atoms in total. The van der Waals surface area contributed by atoms with E-state index < -0.39 is 0 Å². The number of halogens is 1. The van der Waals surface area contributed by atoms with Crippen molar-refractivity contribution in [2.75, 3.05) is 19.8 Å². The van der Waals surface area contributed by atoms with E-state index in [1.165, 1.54) is 12.1 Å². The zero-order chi connectivity index (χ0) is 22.4. The van der Waals surface area contributed by atoms with Gasteiger partial charge in [-0.15, -0.1) is 0 Å². The Bertz CT molecular complexity index is 1040. The van der Waals surface area contributed by atoms with Gasteiger partial charge in [-0.25, -0.2) is 4.39 Å². The Hall–Kier alpha value is -3.38. The van der Waals surface area contributed by atoms with Crippen molar-refractivity contribution in [1.82, 2.24) is 0 Å². The molecule has 1 aliphatic rings. The summed E-state index contributed by atoms with van der Waals surface area (Å²) in [5.41, 5.74) is 1.66. The molecule has 0 atom stereocenters. The van der Waals surface area contributed by atoms with Crippen molar-refractivity contribution in [3.63, 3.8) is 0 Å². The number of rotatable bonds is 9. The summed E-state index contributed by atoms with van der Waals surface area (Å²) in [6.07, 6.45) is 0.307. The Balaban J connectivity index is 1.36. The second-order valence-electron chi connectivity index (χ2n) is 7.77. The van der Waals surface area contributed by atoms with E-state index in [0.717, 1.165) is 16.9 Å². The molecule has 3 aromatic rings. The van der Waals surface area contributed by atoms with E-state index in [-0.39, 0.29) is 17.2 Å². The normalized spacial score (nSPS) is 14.3. The van der Waals surface area contributed by atoms with Gasteiger partial charge in [0.05, 0.1) is 31.7 Å². The van der Waals surface area contributed by atoms with E-state index in [9.17, 15) is 9.18 Å². The fourth-order valence-electron chi connectivity index (χ4n) is 3.62. The van der Waals surface area contributed by atoms with Crippen LogP contribution in [-0.2, 0) is 26.3 Å². The lowest BCUT2D eigenvalue weighted by Crippen LogP contribution is -2.48. The van der Waals surface area contributed by atoms with Crippen LogP contribution in [0, 0.1) is 5.82 Å². The molecule has 3 aromatic carbocycles. The van der Waals surface area contributed by atoms with Crippen LogP contribution in [0.3, 0.4) is 0 Å². The molecule has 0 aromatic heterocycles. The molecule has 1 fully saturated rings. The summed E-state index contributed by atoms with van der Waals surface area (Å²) < 4.78 is 35.3. The molecular formula is C26H25FO5. The smallest absolute Gasteiger partial charge is 0.306 e. The molecule has 0 spiro atoms. The maximum absolute atomic E-state index is 13.1. The van der Waals surface area contributed by atoms with Crippen LogP contribution in [0.5, 0.6) is 17.2 Å². The Morgan fingerprint density at radius 2 is 1.69 bits per heavy atom. The van der Waals surface area contributed by atoms with Gasteiger partial charge in [-0.05, 0) is 66.6 Å². The second kappa shape index (κ2) is 9.83. The van der Waals surface area contributed by atoms with E-state index in [4.69, 9.17) is 18.9 Å². The van der Waals surface area contributed by atoms with Crippen LogP contribution in [0.2, 0.25) is 0 Å². The summed E-state index contributed by atoms with van der Waals surface area (Å²) in [4.78, 5) is 12.0. The van der Waals surface area contributed by atoms with Crippen molar-refractivity contribution in [2.24, 2.45) is 0 Å². The van der Waals surface area contributed by atoms with Gasteiger partial charge in [-0.2, -0.15) is 0 Å². The van der Waals surface area contributed by atoms with E-state index >= 15 is 0 Å². The quantitative estimate of drug-likeness (QED) is 0.420. The molecule has 1 heterocycles. The first-order valence-electron chi connectivity index (χ1n) is 10.6. The minimum absolute atomic E-state index is 0.209. The zero-order valence-corrected chi connectivity index (χ0v) is 17.9. The lowest BCUT2D eigenvalue weighted by Gasteiger charge is -2.41. The third-order valence-corrected chi connectivity index (χ3v) is 5.36. The number of hydrogen-bond donors (Lipinski definition) is 0. The van der Waals surface area contributed by atoms with Gasteiger partial charge < -0.3 is 18.9 Å². The van der Waals surface area contributed by atoms with Crippen molar-refractivity contribution in [1.29, 1.82) is 0 Å². The van der Waals surface area contributed by atoms with Gasteiger partial charge in [0.1, 0.15) is 29.7 Å². The first-order chi connectivity index (χ1) is 15.6. The molecule has 4 rings (SSSR count). The van der Waals surface area contributed by atoms with Gasteiger partial charge in [-0.1, -0.05) is 24.3 Å². The molecule has 0 N–H and O–H groups in total. The average molecular weight is 436 g/mol. The van der Waals surface area contributed by atoms with Crippen LogP contribution in [0.15, 0.2) is 72.8 Å². The van der Waals surface area contributed by atoms with E-state index in [0.29, 0.717) is 44.3 Å². The lowest BCUT2D eigenvalue weighted by atomic mass is 9.76. The Morgan fingerprint density at radius 1 is 0.969 bits per heavy atom. The first kappa shape index (κ1) is 21.8. The summed E-state index contributed by atoms with van der Waals surface area (Å²) in [5.74, 6) is 1.43. The molecular weight excluding hydrogens is 411 g/mol.